The lowest BCUT2D eigenvalue weighted by atomic mass is 9.94. The molecule has 3 aromatic heterocycles. The van der Waals surface area contributed by atoms with Gasteiger partial charge in [-0.1, -0.05) is 20.8 Å². The lowest BCUT2D eigenvalue weighted by molar-refractivity contribution is -0.105. The SMILES string of the molecule is CC.CCc1c(F)c(CN)c2[nH]ncc2c1-c1cn2cc(NC=O)nc2cn1. The van der Waals surface area contributed by atoms with Gasteiger partial charge in [-0.3, -0.25) is 14.9 Å². The Kier molecular flexibility index (Phi) is 5.65. The molecule has 0 aliphatic carbocycles. The number of H-pyrrole nitrogens is 1. The topological polar surface area (TPSA) is 114 Å². The molecular weight excluding hydrogens is 361 g/mol. The molecule has 0 spiro atoms. The number of aromatic nitrogens is 5. The highest BCUT2D eigenvalue weighted by molar-refractivity contribution is 5.97. The molecule has 146 valence electrons. The first kappa shape index (κ1) is 19.4. The second-order valence-electron chi connectivity index (χ2n) is 5.79. The van der Waals surface area contributed by atoms with Crippen LogP contribution < -0.4 is 11.1 Å². The Hall–Kier alpha value is -3.33. The van der Waals surface area contributed by atoms with Gasteiger partial charge in [0.05, 0.1) is 29.8 Å². The summed E-state index contributed by atoms with van der Waals surface area (Å²) in [6.07, 6.45) is 7.68. The van der Waals surface area contributed by atoms with Gasteiger partial charge < -0.3 is 15.5 Å². The van der Waals surface area contributed by atoms with Gasteiger partial charge in [0.15, 0.2) is 11.5 Å². The Balaban J connectivity index is 0.00000109. The average molecular weight is 383 g/mol. The minimum absolute atomic E-state index is 0.0759. The maximum absolute atomic E-state index is 15.0. The van der Waals surface area contributed by atoms with Crippen LogP contribution in [0.2, 0.25) is 0 Å². The van der Waals surface area contributed by atoms with Crippen molar-refractivity contribution in [2.45, 2.75) is 33.7 Å². The molecular formula is C19H22FN7O. The number of anilines is 1. The van der Waals surface area contributed by atoms with Crippen LogP contribution >= 0.6 is 0 Å². The lowest BCUT2D eigenvalue weighted by Crippen LogP contribution is -2.06. The van der Waals surface area contributed by atoms with Crippen molar-refractivity contribution in [3.05, 3.63) is 41.7 Å². The maximum Gasteiger partial charge on any atom is 0.212 e. The van der Waals surface area contributed by atoms with Crippen LogP contribution in [0.25, 0.3) is 27.8 Å². The van der Waals surface area contributed by atoms with Gasteiger partial charge in [-0.05, 0) is 12.0 Å². The number of aromatic amines is 1. The Morgan fingerprint density at radius 3 is 2.75 bits per heavy atom. The fourth-order valence-corrected chi connectivity index (χ4v) is 3.24. The largest absolute Gasteiger partial charge is 0.326 e. The number of amides is 1. The maximum atomic E-state index is 15.0. The summed E-state index contributed by atoms with van der Waals surface area (Å²) in [6.45, 7) is 5.96. The Bertz CT molecular complexity index is 1130. The third-order valence-corrected chi connectivity index (χ3v) is 4.40. The molecule has 8 nitrogen and oxygen atoms in total. The summed E-state index contributed by atoms with van der Waals surface area (Å²) >= 11 is 0. The van der Waals surface area contributed by atoms with E-state index in [1.54, 1.807) is 29.2 Å². The summed E-state index contributed by atoms with van der Waals surface area (Å²) in [5.74, 6) is 0.0744. The predicted molar refractivity (Wildman–Crippen MR) is 106 cm³/mol. The molecule has 0 saturated heterocycles. The minimum atomic E-state index is -0.336. The number of rotatable bonds is 5. The van der Waals surface area contributed by atoms with Crippen LogP contribution in [0, 0.1) is 5.82 Å². The quantitative estimate of drug-likeness (QED) is 0.458. The van der Waals surface area contributed by atoms with Crippen LogP contribution in [0.3, 0.4) is 0 Å². The van der Waals surface area contributed by atoms with Crippen LogP contribution in [-0.4, -0.2) is 31.0 Å². The number of benzene rings is 1. The van der Waals surface area contributed by atoms with E-state index in [-0.39, 0.29) is 12.4 Å². The van der Waals surface area contributed by atoms with Crippen molar-refractivity contribution in [1.82, 2.24) is 24.6 Å². The summed E-state index contributed by atoms with van der Waals surface area (Å²) in [7, 11) is 0. The number of carbonyl (C=O) groups is 1. The van der Waals surface area contributed by atoms with E-state index in [9.17, 15) is 4.79 Å². The van der Waals surface area contributed by atoms with Gasteiger partial charge in [-0.25, -0.2) is 9.37 Å². The van der Waals surface area contributed by atoms with E-state index in [0.717, 1.165) is 5.39 Å². The molecule has 0 aliphatic heterocycles. The second-order valence-corrected chi connectivity index (χ2v) is 5.79. The zero-order valence-electron chi connectivity index (χ0n) is 16.0. The van der Waals surface area contributed by atoms with Crippen molar-refractivity contribution in [3.8, 4) is 11.3 Å². The molecule has 0 aliphatic rings. The Morgan fingerprint density at radius 2 is 2.07 bits per heavy atom. The van der Waals surface area contributed by atoms with E-state index in [4.69, 9.17) is 5.73 Å². The molecule has 28 heavy (non-hydrogen) atoms. The molecule has 0 fully saturated rings. The molecule has 1 amide bonds. The summed E-state index contributed by atoms with van der Waals surface area (Å²) in [5, 5.41) is 10.2. The van der Waals surface area contributed by atoms with Gasteiger partial charge in [0.25, 0.3) is 0 Å². The summed E-state index contributed by atoms with van der Waals surface area (Å²) in [4.78, 5) is 19.3. The number of fused-ring (bicyclic) bond motifs is 2. The molecule has 4 rings (SSSR count). The Labute approximate surface area is 161 Å². The number of imidazole rings is 1. The number of carbonyl (C=O) groups excluding carboxylic acids is 1. The monoisotopic (exact) mass is 383 g/mol. The van der Waals surface area contributed by atoms with Gasteiger partial charge in [0.1, 0.15) is 5.82 Å². The molecule has 0 radical (unpaired) electrons. The molecule has 3 heterocycles. The van der Waals surface area contributed by atoms with Crippen LogP contribution in [0.4, 0.5) is 10.2 Å². The predicted octanol–water partition coefficient (Wildman–Crippen LogP) is 3.03. The van der Waals surface area contributed by atoms with Crippen molar-refractivity contribution >= 4 is 28.8 Å². The molecule has 0 unspecified atom stereocenters. The van der Waals surface area contributed by atoms with Crippen molar-refractivity contribution in [2.75, 3.05) is 5.32 Å². The zero-order valence-corrected chi connectivity index (χ0v) is 16.0. The molecule has 1 aromatic carbocycles. The van der Waals surface area contributed by atoms with Crippen molar-refractivity contribution in [2.24, 2.45) is 5.73 Å². The average Bonchev–Trinajstić information content (AvgIpc) is 3.35. The number of hydrogen-bond donors (Lipinski definition) is 3. The number of hydrogen-bond acceptors (Lipinski definition) is 5. The number of nitrogens with two attached hydrogens (primary N) is 1. The van der Waals surface area contributed by atoms with Crippen LogP contribution in [0.15, 0.2) is 24.8 Å². The third kappa shape index (κ3) is 3.09. The van der Waals surface area contributed by atoms with Crippen LogP contribution in [0.5, 0.6) is 0 Å². The summed E-state index contributed by atoms with van der Waals surface area (Å²) < 4.78 is 16.8. The van der Waals surface area contributed by atoms with Gasteiger partial charge >= 0.3 is 0 Å². The van der Waals surface area contributed by atoms with Crippen molar-refractivity contribution in [1.29, 1.82) is 0 Å². The normalized spacial score (nSPS) is 10.8. The second kappa shape index (κ2) is 8.13. The van der Waals surface area contributed by atoms with E-state index < -0.39 is 0 Å². The highest BCUT2D eigenvalue weighted by atomic mass is 19.1. The molecule has 0 bridgehead atoms. The van der Waals surface area contributed by atoms with Gasteiger partial charge in [-0.2, -0.15) is 5.10 Å². The highest BCUT2D eigenvalue weighted by Gasteiger charge is 2.21. The summed E-state index contributed by atoms with van der Waals surface area (Å²) in [5.41, 5.74) is 9.10. The first-order valence-electron chi connectivity index (χ1n) is 9.09. The lowest BCUT2D eigenvalue weighted by Gasteiger charge is -2.14. The first-order valence-corrected chi connectivity index (χ1v) is 9.09. The molecule has 9 heteroatoms. The van der Waals surface area contributed by atoms with E-state index in [1.165, 1.54) is 0 Å². The summed E-state index contributed by atoms with van der Waals surface area (Å²) in [6, 6.07) is 0. The van der Waals surface area contributed by atoms with Crippen molar-refractivity contribution < 1.29 is 9.18 Å². The highest BCUT2D eigenvalue weighted by Crippen LogP contribution is 2.35. The fourth-order valence-electron chi connectivity index (χ4n) is 3.24. The number of halogens is 1. The number of nitrogens with one attached hydrogen (secondary N) is 2. The van der Waals surface area contributed by atoms with E-state index in [2.05, 4.69) is 25.5 Å². The molecule has 0 saturated carbocycles. The molecule has 4 N–H and O–H groups in total. The fraction of sp³-hybridized carbons (Fsp3) is 0.263. The minimum Gasteiger partial charge on any atom is -0.326 e. The van der Waals surface area contributed by atoms with Crippen LogP contribution in [0.1, 0.15) is 31.9 Å². The van der Waals surface area contributed by atoms with Crippen LogP contribution in [-0.2, 0) is 17.8 Å². The van der Waals surface area contributed by atoms with E-state index >= 15 is 4.39 Å². The molecule has 4 aromatic rings. The first-order chi connectivity index (χ1) is 13.7. The van der Waals surface area contributed by atoms with Gasteiger partial charge in [0.2, 0.25) is 6.41 Å². The van der Waals surface area contributed by atoms with E-state index in [1.807, 2.05) is 20.8 Å². The van der Waals surface area contributed by atoms with Gasteiger partial charge in [-0.15, -0.1) is 0 Å². The smallest absolute Gasteiger partial charge is 0.212 e. The van der Waals surface area contributed by atoms with E-state index in [0.29, 0.717) is 52.2 Å². The zero-order chi connectivity index (χ0) is 20.3. The Morgan fingerprint density at radius 1 is 1.29 bits per heavy atom. The third-order valence-electron chi connectivity index (χ3n) is 4.40. The number of nitrogens with zero attached hydrogens (tertiary/aromatic N) is 4. The standard InChI is InChI=1S/C17H16FN7O.C2H6/c1-2-9-15(11-4-22-24-17(11)10(3-19)16(9)18)12-6-25-7-13(21-8-26)23-14(25)5-20-12;1-2/h4-8H,2-3,19H2,1H3,(H,21,26)(H,22,24);1-2H3. The van der Waals surface area contributed by atoms with Gasteiger partial charge in [0, 0.05) is 29.3 Å². The molecule has 0 atom stereocenters. The van der Waals surface area contributed by atoms with Crippen molar-refractivity contribution in [3.63, 3.8) is 0 Å².